The Balaban J connectivity index is 1.77. The van der Waals surface area contributed by atoms with Gasteiger partial charge in [0, 0.05) is 19.0 Å². The Bertz CT molecular complexity index is 552. The molecular formula is C14H15BrFN3O. The summed E-state index contributed by atoms with van der Waals surface area (Å²) >= 11 is 3.06. The second-order valence-corrected chi connectivity index (χ2v) is 5.57. The Morgan fingerprint density at radius 1 is 1.50 bits per heavy atom. The van der Waals surface area contributed by atoms with Gasteiger partial charge < -0.3 is 10.6 Å². The largest absolute Gasteiger partial charge is 0.383 e. The molecule has 0 heterocycles. The molecule has 0 aliphatic heterocycles. The van der Waals surface area contributed by atoms with Crippen LogP contribution in [0.5, 0.6) is 0 Å². The first kappa shape index (κ1) is 14.8. The molecule has 20 heavy (non-hydrogen) atoms. The summed E-state index contributed by atoms with van der Waals surface area (Å²) in [5.41, 5.74) is 0.593. The Morgan fingerprint density at radius 2 is 2.25 bits per heavy atom. The minimum Gasteiger partial charge on any atom is -0.383 e. The number of benzene rings is 1. The first-order chi connectivity index (χ1) is 9.61. The average molecular weight is 340 g/mol. The fourth-order valence-electron chi connectivity index (χ4n) is 1.77. The monoisotopic (exact) mass is 339 g/mol. The van der Waals surface area contributed by atoms with Crippen molar-refractivity contribution in [3.05, 3.63) is 28.0 Å². The van der Waals surface area contributed by atoms with E-state index >= 15 is 0 Å². The molecule has 0 saturated heterocycles. The molecule has 1 amide bonds. The number of halogens is 2. The lowest BCUT2D eigenvalue weighted by Gasteiger charge is -2.09. The summed E-state index contributed by atoms with van der Waals surface area (Å²) in [5.74, 6) is -0.428. The van der Waals surface area contributed by atoms with E-state index in [1.54, 1.807) is 6.07 Å². The molecule has 2 N–H and O–H groups in total. The maximum atomic E-state index is 13.9. The third kappa shape index (κ3) is 3.94. The zero-order chi connectivity index (χ0) is 14.5. The van der Waals surface area contributed by atoms with Gasteiger partial charge in [0.1, 0.15) is 6.07 Å². The standard InChI is InChI=1S/C14H15BrFN3O/c15-13-9(8-17)3-6-11(14(13)16)18-7-1-2-12(20)19-10-4-5-10/h3,6,10,18H,1-2,4-5,7H2,(H,19,20). The van der Waals surface area contributed by atoms with E-state index in [0.29, 0.717) is 31.1 Å². The fraction of sp³-hybridized carbons (Fsp3) is 0.429. The number of carbonyl (C=O) groups excluding carboxylic acids is 1. The van der Waals surface area contributed by atoms with E-state index in [4.69, 9.17) is 5.26 Å². The second kappa shape index (κ2) is 6.71. The van der Waals surface area contributed by atoms with Crippen molar-refractivity contribution in [1.29, 1.82) is 5.26 Å². The van der Waals surface area contributed by atoms with Gasteiger partial charge in [0.25, 0.3) is 0 Å². The number of nitrogens with one attached hydrogen (secondary N) is 2. The molecule has 1 saturated carbocycles. The van der Waals surface area contributed by atoms with E-state index in [-0.39, 0.29) is 15.9 Å². The van der Waals surface area contributed by atoms with Crippen molar-refractivity contribution in [3.8, 4) is 6.07 Å². The molecule has 6 heteroatoms. The van der Waals surface area contributed by atoms with Gasteiger partial charge in [0.2, 0.25) is 5.91 Å². The maximum absolute atomic E-state index is 13.9. The van der Waals surface area contributed by atoms with Crippen molar-refractivity contribution in [2.45, 2.75) is 31.7 Å². The van der Waals surface area contributed by atoms with Gasteiger partial charge in [-0.1, -0.05) is 0 Å². The van der Waals surface area contributed by atoms with Crippen LogP contribution in [0.3, 0.4) is 0 Å². The van der Waals surface area contributed by atoms with Gasteiger partial charge in [-0.2, -0.15) is 5.26 Å². The lowest BCUT2D eigenvalue weighted by atomic mass is 10.2. The summed E-state index contributed by atoms with van der Waals surface area (Å²) in [6.45, 7) is 0.507. The first-order valence-electron chi connectivity index (χ1n) is 6.53. The van der Waals surface area contributed by atoms with Crippen molar-refractivity contribution in [2.24, 2.45) is 0 Å². The van der Waals surface area contributed by atoms with Crippen LogP contribution in [-0.2, 0) is 4.79 Å². The molecule has 2 rings (SSSR count). The maximum Gasteiger partial charge on any atom is 0.220 e. The number of nitriles is 1. The highest BCUT2D eigenvalue weighted by Crippen LogP contribution is 2.26. The lowest BCUT2D eigenvalue weighted by Crippen LogP contribution is -2.25. The van der Waals surface area contributed by atoms with Crippen LogP contribution in [-0.4, -0.2) is 18.5 Å². The van der Waals surface area contributed by atoms with Crippen LogP contribution >= 0.6 is 15.9 Å². The molecule has 0 radical (unpaired) electrons. The summed E-state index contributed by atoms with van der Waals surface area (Å²) in [6.07, 6.45) is 3.22. The highest BCUT2D eigenvalue weighted by molar-refractivity contribution is 9.10. The molecule has 0 bridgehead atoms. The molecule has 0 spiro atoms. The van der Waals surface area contributed by atoms with Gasteiger partial charge in [-0.15, -0.1) is 0 Å². The molecule has 0 unspecified atom stereocenters. The van der Waals surface area contributed by atoms with E-state index in [0.717, 1.165) is 12.8 Å². The number of hydrogen-bond donors (Lipinski definition) is 2. The van der Waals surface area contributed by atoms with E-state index < -0.39 is 5.82 Å². The van der Waals surface area contributed by atoms with Gasteiger partial charge in [-0.25, -0.2) is 4.39 Å². The average Bonchev–Trinajstić information content (AvgIpc) is 3.23. The van der Waals surface area contributed by atoms with Crippen LogP contribution in [0.25, 0.3) is 0 Å². The molecule has 1 aliphatic carbocycles. The number of hydrogen-bond acceptors (Lipinski definition) is 3. The molecule has 0 aromatic heterocycles. The highest BCUT2D eigenvalue weighted by atomic mass is 79.9. The zero-order valence-corrected chi connectivity index (χ0v) is 12.5. The Hall–Kier alpha value is -1.61. The SMILES string of the molecule is N#Cc1ccc(NCCCC(=O)NC2CC2)c(F)c1Br. The van der Waals surface area contributed by atoms with Crippen LogP contribution in [0.15, 0.2) is 16.6 Å². The molecule has 1 aromatic carbocycles. The van der Waals surface area contributed by atoms with E-state index in [1.165, 1.54) is 6.07 Å². The lowest BCUT2D eigenvalue weighted by molar-refractivity contribution is -0.121. The second-order valence-electron chi connectivity index (χ2n) is 4.77. The number of carbonyl (C=O) groups is 1. The summed E-state index contributed by atoms with van der Waals surface area (Å²) in [5, 5.41) is 14.6. The number of rotatable bonds is 6. The van der Waals surface area contributed by atoms with Gasteiger partial charge in [-0.05, 0) is 47.3 Å². The molecular weight excluding hydrogens is 325 g/mol. The molecule has 0 atom stereocenters. The molecule has 4 nitrogen and oxygen atoms in total. The number of anilines is 1. The quantitative estimate of drug-likeness (QED) is 0.783. The smallest absolute Gasteiger partial charge is 0.220 e. The predicted octanol–water partition coefficient (Wildman–Crippen LogP) is 2.93. The van der Waals surface area contributed by atoms with Gasteiger partial charge in [0.15, 0.2) is 5.82 Å². The first-order valence-corrected chi connectivity index (χ1v) is 7.32. The summed E-state index contributed by atoms with van der Waals surface area (Å²) in [6, 6.07) is 5.36. The summed E-state index contributed by atoms with van der Waals surface area (Å²) in [4.78, 5) is 11.5. The van der Waals surface area contributed by atoms with E-state index in [9.17, 15) is 9.18 Å². The van der Waals surface area contributed by atoms with E-state index in [1.807, 2.05) is 6.07 Å². The number of amides is 1. The van der Waals surface area contributed by atoms with Gasteiger partial charge in [0.05, 0.1) is 15.7 Å². The zero-order valence-electron chi connectivity index (χ0n) is 10.9. The minimum absolute atomic E-state index is 0.0516. The minimum atomic E-state index is -0.480. The van der Waals surface area contributed by atoms with Crippen molar-refractivity contribution in [2.75, 3.05) is 11.9 Å². The molecule has 1 aromatic rings. The van der Waals surface area contributed by atoms with Gasteiger partial charge in [-0.3, -0.25) is 4.79 Å². The Morgan fingerprint density at radius 3 is 2.90 bits per heavy atom. The van der Waals surface area contributed by atoms with Crippen LogP contribution in [0.2, 0.25) is 0 Å². The van der Waals surface area contributed by atoms with Gasteiger partial charge >= 0.3 is 0 Å². The van der Waals surface area contributed by atoms with Crippen LogP contribution < -0.4 is 10.6 Å². The Labute approximate surface area is 125 Å². The van der Waals surface area contributed by atoms with Crippen molar-refractivity contribution >= 4 is 27.5 Å². The highest BCUT2D eigenvalue weighted by Gasteiger charge is 2.22. The van der Waals surface area contributed by atoms with Crippen LogP contribution in [0.1, 0.15) is 31.2 Å². The van der Waals surface area contributed by atoms with Crippen molar-refractivity contribution in [3.63, 3.8) is 0 Å². The predicted molar refractivity (Wildman–Crippen MR) is 77.7 cm³/mol. The van der Waals surface area contributed by atoms with E-state index in [2.05, 4.69) is 26.6 Å². The normalized spacial score (nSPS) is 13.7. The fourth-order valence-corrected chi connectivity index (χ4v) is 2.21. The van der Waals surface area contributed by atoms with Crippen LogP contribution in [0.4, 0.5) is 10.1 Å². The molecule has 1 fully saturated rings. The Kier molecular flexibility index (Phi) is 4.96. The number of nitrogens with zero attached hydrogens (tertiary/aromatic N) is 1. The van der Waals surface area contributed by atoms with Crippen molar-refractivity contribution in [1.82, 2.24) is 5.32 Å². The van der Waals surface area contributed by atoms with Crippen molar-refractivity contribution < 1.29 is 9.18 Å². The summed E-state index contributed by atoms with van der Waals surface area (Å²) in [7, 11) is 0. The molecule has 1 aliphatic rings. The topological polar surface area (TPSA) is 64.9 Å². The third-order valence-electron chi connectivity index (χ3n) is 3.04. The third-order valence-corrected chi connectivity index (χ3v) is 3.82. The van der Waals surface area contributed by atoms with Crippen LogP contribution in [0, 0.1) is 17.1 Å². The summed E-state index contributed by atoms with van der Waals surface area (Å²) < 4.78 is 14.0. The molecule has 106 valence electrons.